The largest absolute Gasteiger partial charge is 0.491 e. The Morgan fingerprint density at radius 1 is 1.33 bits per heavy atom. The molecule has 1 aromatic rings. The van der Waals surface area contributed by atoms with Crippen LogP contribution in [0.15, 0.2) is 24.3 Å². The van der Waals surface area contributed by atoms with Crippen LogP contribution in [-0.2, 0) is 4.79 Å². The van der Waals surface area contributed by atoms with Crippen molar-refractivity contribution in [3.63, 3.8) is 0 Å². The van der Waals surface area contributed by atoms with Crippen molar-refractivity contribution in [2.24, 2.45) is 5.92 Å². The van der Waals surface area contributed by atoms with Crippen molar-refractivity contribution in [1.29, 1.82) is 0 Å². The van der Waals surface area contributed by atoms with Gasteiger partial charge in [-0.05, 0) is 43.9 Å². The fraction of sp³-hybridized carbons (Fsp3) is 0.533. The third kappa shape index (κ3) is 3.76. The van der Waals surface area contributed by atoms with Crippen LogP contribution in [0.25, 0.3) is 0 Å². The molecule has 0 saturated carbocycles. The van der Waals surface area contributed by atoms with Crippen LogP contribution in [0, 0.1) is 5.92 Å². The van der Waals surface area contributed by atoms with Gasteiger partial charge >= 0.3 is 5.97 Å². The standard InChI is InChI=1S/C15H22O3/c1-5-14(11(4)15(16)17)12-7-6-8-13(9-12)18-10(2)3/h6-11,14H,5H2,1-4H3,(H,16,17)/t11-,14-/m0/s1. The second-order valence-electron chi connectivity index (χ2n) is 4.88. The van der Waals surface area contributed by atoms with E-state index in [-0.39, 0.29) is 17.9 Å². The van der Waals surface area contributed by atoms with Crippen LogP contribution >= 0.6 is 0 Å². The second-order valence-corrected chi connectivity index (χ2v) is 4.88. The molecule has 18 heavy (non-hydrogen) atoms. The lowest BCUT2D eigenvalue weighted by Gasteiger charge is -2.20. The van der Waals surface area contributed by atoms with Crippen molar-refractivity contribution in [3.05, 3.63) is 29.8 Å². The molecule has 0 aliphatic heterocycles. The molecule has 0 aliphatic rings. The zero-order valence-corrected chi connectivity index (χ0v) is 11.5. The van der Waals surface area contributed by atoms with Crippen molar-refractivity contribution >= 4 is 5.97 Å². The number of rotatable bonds is 6. The van der Waals surface area contributed by atoms with Gasteiger partial charge in [-0.3, -0.25) is 4.79 Å². The van der Waals surface area contributed by atoms with Crippen molar-refractivity contribution in [2.45, 2.75) is 46.1 Å². The molecule has 0 unspecified atom stereocenters. The van der Waals surface area contributed by atoms with Crippen molar-refractivity contribution in [1.82, 2.24) is 0 Å². The van der Waals surface area contributed by atoms with Crippen molar-refractivity contribution in [3.8, 4) is 5.75 Å². The Bertz CT molecular complexity index is 398. The van der Waals surface area contributed by atoms with E-state index in [0.717, 1.165) is 17.7 Å². The minimum atomic E-state index is -0.753. The highest BCUT2D eigenvalue weighted by Gasteiger charge is 2.23. The molecule has 0 aliphatic carbocycles. The molecule has 100 valence electrons. The summed E-state index contributed by atoms with van der Waals surface area (Å²) >= 11 is 0. The molecule has 1 rings (SSSR count). The van der Waals surface area contributed by atoms with Gasteiger partial charge in [0, 0.05) is 0 Å². The molecule has 0 amide bonds. The fourth-order valence-electron chi connectivity index (χ4n) is 2.14. The quantitative estimate of drug-likeness (QED) is 0.837. The molecule has 0 bridgehead atoms. The monoisotopic (exact) mass is 250 g/mol. The number of carbonyl (C=O) groups is 1. The third-order valence-electron chi connectivity index (χ3n) is 3.09. The molecule has 0 fully saturated rings. The van der Waals surface area contributed by atoms with E-state index in [2.05, 4.69) is 0 Å². The van der Waals surface area contributed by atoms with E-state index in [4.69, 9.17) is 9.84 Å². The minimum absolute atomic E-state index is 0.0261. The zero-order chi connectivity index (χ0) is 13.7. The van der Waals surface area contributed by atoms with Gasteiger partial charge in [-0.25, -0.2) is 0 Å². The minimum Gasteiger partial charge on any atom is -0.491 e. The van der Waals surface area contributed by atoms with Crippen LogP contribution in [0.5, 0.6) is 5.75 Å². The highest BCUT2D eigenvalue weighted by atomic mass is 16.5. The predicted molar refractivity (Wildman–Crippen MR) is 72.0 cm³/mol. The molecule has 3 nitrogen and oxygen atoms in total. The summed E-state index contributed by atoms with van der Waals surface area (Å²) in [4.78, 5) is 11.1. The van der Waals surface area contributed by atoms with Crippen molar-refractivity contribution in [2.75, 3.05) is 0 Å². The van der Waals surface area contributed by atoms with Crippen LogP contribution in [-0.4, -0.2) is 17.2 Å². The van der Waals surface area contributed by atoms with Gasteiger partial charge in [0.15, 0.2) is 0 Å². The van der Waals surface area contributed by atoms with E-state index in [1.165, 1.54) is 0 Å². The van der Waals surface area contributed by atoms with Crippen LogP contribution < -0.4 is 4.74 Å². The summed E-state index contributed by atoms with van der Waals surface area (Å²) in [5.74, 6) is -0.307. The number of carboxylic acids is 1. The average molecular weight is 250 g/mol. The fourth-order valence-corrected chi connectivity index (χ4v) is 2.14. The highest BCUT2D eigenvalue weighted by Crippen LogP contribution is 2.30. The van der Waals surface area contributed by atoms with E-state index >= 15 is 0 Å². The summed E-state index contributed by atoms with van der Waals surface area (Å²) in [5.41, 5.74) is 1.03. The van der Waals surface area contributed by atoms with Gasteiger partial charge in [0.1, 0.15) is 5.75 Å². The molecular weight excluding hydrogens is 228 g/mol. The molecule has 1 aromatic carbocycles. The lowest BCUT2D eigenvalue weighted by molar-refractivity contribution is -0.141. The van der Waals surface area contributed by atoms with Gasteiger partial charge in [-0.15, -0.1) is 0 Å². The molecule has 2 atom stereocenters. The first-order chi connectivity index (χ1) is 8.45. The Kier molecular flexibility index (Phi) is 5.20. The van der Waals surface area contributed by atoms with Crippen molar-refractivity contribution < 1.29 is 14.6 Å². The first-order valence-corrected chi connectivity index (χ1v) is 6.45. The highest BCUT2D eigenvalue weighted by molar-refractivity contribution is 5.71. The third-order valence-corrected chi connectivity index (χ3v) is 3.09. The Hall–Kier alpha value is -1.51. The van der Waals surface area contributed by atoms with E-state index in [0.29, 0.717) is 0 Å². The maximum atomic E-state index is 11.1. The summed E-state index contributed by atoms with van der Waals surface area (Å²) in [7, 11) is 0. The summed E-state index contributed by atoms with van der Waals surface area (Å²) in [6, 6.07) is 7.75. The smallest absolute Gasteiger partial charge is 0.306 e. The van der Waals surface area contributed by atoms with Crippen LogP contribution in [0.2, 0.25) is 0 Å². The van der Waals surface area contributed by atoms with Crippen LogP contribution in [0.1, 0.15) is 45.6 Å². The average Bonchev–Trinajstić information content (AvgIpc) is 2.29. The number of ether oxygens (including phenoxy) is 1. The number of benzene rings is 1. The zero-order valence-electron chi connectivity index (χ0n) is 11.5. The number of hydrogen-bond acceptors (Lipinski definition) is 2. The Morgan fingerprint density at radius 3 is 2.50 bits per heavy atom. The first kappa shape index (κ1) is 14.6. The van der Waals surface area contributed by atoms with E-state index in [9.17, 15) is 4.79 Å². The lowest BCUT2D eigenvalue weighted by atomic mass is 9.85. The topological polar surface area (TPSA) is 46.5 Å². The molecular formula is C15H22O3. The molecule has 0 saturated heterocycles. The van der Waals surface area contributed by atoms with Gasteiger partial charge in [0.2, 0.25) is 0 Å². The predicted octanol–water partition coefficient (Wildman–Crippen LogP) is 3.69. The second kappa shape index (κ2) is 6.43. The van der Waals surface area contributed by atoms with Crippen LogP contribution in [0.3, 0.4) is 0 Å². The Balaban J connectivity index is 2.96. The lowest BCUT2D eigenvalue weighted by Crippen LogP contribution is -2.18. The first-order valence-electron chi connectivity index (χ1n) is 6.45. The molecule has 3 heteroatoms. The van der Waals surface area contributed by atoms with Gasteiger partial charge in [0.25, 0.3) is 0 Å². The Labute approximate surface area is 109 Å². The molecule has 0 heterocycles. The molecule has 0 spiro atoms. The van der Waals surface area contributed by atoms with Crippen LogP contribution in [0.4, 0.5) is 0 Å². The number of hydrogen-bond donors (Lipinski definition) is 1. The number of aliphatic carboxylic acids is 1. The van der Waals surface area contributed by atoms with Gasteiger partial charge in [0.05, 0.1) is 12.0 Å². The summed E-state index contributed by atoms with van der Waals surface area (Å²) < 4.78 is 5.64. The number of carboxylic acid groups (broad SMARTS) is 1. The Morgan fingerprint density at radius 2 is 2.00 bits per heavy atom. The van der Waals surface area contributed by atoms with E-state index in [1.54, 1.807) is 6.92 Å². The summed E-state index contributed by atoms with van der Waals surface area (Å²) in [5, 5.41) is 9.13. The molecule has 0 radical (unpaired) electrons. The normalized spacial score (nSPS) is 14.3. The molecule has 1 N–H and O–H groups in total. The maximum absolute atomic E-state index is 11.1. The maximum Gasteiger partial charge on any atom is 0.306 e. The summed E-state index contributed by atoms with van der Waals surface area (Å²) in [6.07, 6.45) is 0.927. The summed E-state index contributed by atoms with van der Waals surface area (Å²) in [6.45, 7) is 7.72. The molecule has 0 aromatic heterocycles. The van der Waals surface area contributed by atoms with Gasteiger partial charge in [-0.1, -0.05) is 26.0 Å². The van der Waals surface area contributed by atoms with Gasteiger partial charge in [-0.2, -0.15) is 0 Å². The van der Waals surface area contributed by atoms with E-state index < -0.39 is 5.97 Å². The van der Waals surface area contributed by atoms with E-state index in [1.807, 2.05) is 45.0 Å². The van der Waals surface area contributed by atoms with Gasteiger partial charge < -0.3 is 9.84 Å². The SMILES string of the molecule is CC[C@H](c1cccc(OC(C)C)c1)[C@H](C)C(=O)O.